The lowest BCUT2D eigenvalue weighted by molar-refractivity contribution is -0.140. The summed E-state index contributed by atoms with van der Waals surface area (Å²) in [5.74, 6) is -0.577. The van der Waals surface area contributed by atoms with E-state index in [0.29, 0.717) is 26.3 Å². The van der Waals surface area contributed by atoms with Gasteiger partial charge in [0.25, 0.3) is 0 Å². The number of benzene rings is 2. The van der Waals surface area contributed by atoms with Crippen LogP contribution in [0.25, 0.3) is 0 Å². The summed E-state index contributed by atoms with van der Waals surface area (Å²) in [4.78, 5) is 27.4. The van der Waals surface area contributed by atoms with Gasteiger partial charge in [0.05, 0.1) is 22.0 Å². The van der Waals surface area contributed by atoms with Crippen molar-refractivity contribution in [3.8, 4) is 0 Å². The van der Waals surface area contributed by atoms with Gasteiger partial charge in [-0.25, -0.2) is 8.42 Å². The van der Waals surface area contributed by atoms with E-state index >= 15 is 0 Å². The molecule has 0 aromatic heterocycles. The van der Waals surface area contributed by atoms with Gasteiger partial charge in [-0.3, -0.25) is 13.9 Å². The van der Waals surface area contributed by atoms with Gasteiger partial charge in [-0.05, 0) is 63.1 Å². The van der Waals surface area contributed by atoms with Crippen LogP contribution in [0.15, 0.2) is 42.5 Å². The number of anilines is 1. The number of hydrogen-bond donors (Lipinski definition) is 1. The van der Waals surface area contributed by atoms with E-state index in [9.17, 15) is 18.0 Å². The van der Waals surface area contributed by atoms with Gasteiger partial charge in [0.2, 0.25) is 21.8 Å². The minimum Gasteiger partial charge on any atom is -0.352 e. The molecule has 1 N–H and O–H groups in total. The number of hydrogen-bond acceptors (Lipinski definition) is 4. The van der Waals surface area contributed by atoms with Crippen molar-refractivity contribution in [1.29, 1.82) is 0 Å². The average Bonchev–Trinajstić information content (AvgIpc) is 2.75. The van der Waals surface area contributed by atoms with Crippen molar-refractivity contribution in [3.63, 3.8) is 0 Å². The average molecular weight is 563 g/mol. The van der Waals surface area contributed by atoms with Crippen LogP contribution in [-0.2, 0) is 26.2 Å². The minimum atomic E-state index is -3.60. The van der Waals surface area contributed by atoms with Crippen LogP contribution in [-0.4, -0.2) is 50.0 Å². The Morgan fingerprint density at radius 2 is 1.69 bits per heavy atom. The topological polar surface area (TPSA) is 86.8 Å². The Bertz CT molecular complexity index is 1160. The van der Waals surface area contributed by atoms with Crippen molar-refractivity contribution < 1.29 is 18.0 Å². The highest BCUT2D eigenvalue weighted by atomic mass is 35.5. The maximum absolute atomic E-state index is 13.3. The summed E-state index contributed by atoms with van der Waals surface area (Å²) in [6.07, 6.45) is 1.38. The molecular weight excluding hydrogens is 533 g/mol. The maximum Gasteiger partial charge on any atom is 0.242 e. The third-order valence-corrected chi connectivity index (χ3v) is 7.35. The molecule has 1 atom stereocenters. The zero-order valence-corrected chi connectivity index (χ0v) is 23.2. The monoisotopic (exact) mass is 561 g/mol. The van der Waals surface area contributed by atoms with Gasteiger partial charge in [-0.2, -0.15) is 0 Å². The van der Waals surface area contributed by atoms with E-state index in [1.54, 1.807) is 49.4 Å². The van der Waals surface area contributed by atoms with Crippen molar-refractivity contribution in [1.82, 2.24) is 10.2 Å². The summed E-state index contributed by atoms with van der Waals surface area (Å²) in [5, 5.41) is 3.97. The van der Waals surface area contributed by atoms with Crippen LogP contribution in [0.1, 0.15) is 39.2 Å². The van der Waals surface area contributed by atoms with Gasteiger partial charge >= 0.3 is 0 Å². The van der Waals surface area contributed by atoms with Crippen LogP contribution in [0.4, 0.5) is 5.69 Å². The van der Waals surface area contributed by atoms with Crippen LogP contribution in [0, 0.1) is 0 Å². The molecule has 2 rings (SSSR count). The van der Waals surface area contributed by atoms with Gasteiger partial charge in [0.1, 0.15) is 6.04 Å². The summed E-state index contributed by atoms with van der Waals surface area (Å²) in [7, 11) is -3.60. The second kappa shape index (κ2) is 12.8. The molecule has 0 unspecified atom stereocenters. The van der Waals surface area contributed by atoms with Crippen LogP contribution in [0.5, 0.6) is 0 Å². The number of nitrogens with zero attached hydrogens (tertiary/aromatic N) is 2. The van der Waals surface area contributed by atoms with Crippen molar-refractivity contribution in [2.45, 2.75) is 52.2 Å². The van der Waals surface area contributed by atoms with Gasteiger partial charge in [-0.1, -0.05) is 46.9 Å². The molecule has 7 nitrogen and oxygen atoms in total. The van der Waals surface area contributed by atoms with Gasteiger partial charge in [-0.15, -0.1) is 0 Å². The van der Waals surface area contributed by atoms with Crippen LogP contribution in [0.3, 0.4) is 0 Å². The highest BCUT2D eigenvalue weighted by molar-refractivity contribution is 7.92. The Labute approximate surface area is 222 Å². The summed E-state index contributed by atoms with van der Waals surface area (Å²) in [6, 6.07) is 10.7. The summed E-state index contributed by atoms with van der Waals surface area (Å²) in [5.41, 5.74) is 1.14. The van der Waals surface area contributed by atoms with E-state index in [1.165, 1.54) is 9.21 Å². The number of halogens is 3. The number of carbonyl (C=O) groups is 2. The summed E-state index contributed by atoms with van der Waals surface area (Å²) in [6.45, 7) is 5.56. The zero-order chi connectivity index (χ0) is 26.3. The predicted octanol–water partition coefficient (Wildman–Crippen LogP) is 5.13. The Hall–Kier alpha value is -2.00. The first-order valence-corrected chi connectivity index (χ1v) is 14.0. The Morgan fingerprint density at radius 3 is 2.26 bits per heavy atom. The molecule has 0 bridgehead atoms. The Kier molecular flexibility index (Phi) is 10.7. The molecule has 35 heavy (non-hydrogen) atoms. The molecule has 0 spiro atoms. The molecule has 2 aromatic carbocycles. The fraction of sp³-hybridized carbons (Fsp3) is 0.417. The Balaban J connectivity index is 2.19. The standard InChI is InChI=1S/C24H30Cl3N3O4S/c1-16(2)28-24(32)17(3)29(15-18-10-11-21(26)22(27)13-18)23(31)9-6-12-30(35(4,33)34)20-8-5-7-19(25)14-20/h5,7-8,10-11,13-14,16-17H,6,9,12,15H2,1-4H3,(H,28,32)/t17-/m0/s1. The lowest BCUT2D eigenvalue weighted by atomic mass is 10.1. The van der Waals surface area contributed by atoms with E-state index in [1.807, 2.05) is 13.8 Å². The SMILES string of the molecule is CC(C)NC(=O)[C@H](C)N(Cc1ccc(Cl)c(Cl)c1)C(=O)CCCN(c1cccc(Cl)c1)S(C)(=O)=O. The van der Waals surface area contributed by atoms with Crippen LogP contribution < -0.4 is 9.62 Å². The molecule has 11 heteroatoms. The molecule has 2 aromatic rings. The lowest BCUT2D eigenvalue weighted by Gasteiger charge is -2.30. The predicted molar refractivity (Wildman–Crippen MR) is 143 cm³/mol. The molecule has 2 amide bonds. The van der Waals surface area contributed by atoms with Crippen molar-refractivity contribution in [3.05, 3.63) is 63.1 Å². The van der Waals surface area contributed by atoms with Crippen molar-refractivity contribution in [2.75, 3.05) is 17.1 Å². The fourth-order valence-electron chi connectivity index (χ4n) is 3.46. The number of amides is 2. The number of sulfonamides is 1. The molecule has 0 aliphatic heterocycles. The maximum atomic E-state index is 13.3. The van der Waals surface area contributed by atoms with E-state index in [0.717, 1.165) is 6.26 Å². The number of carbonyl (C=O) groups excluding carboxylic acids is 2. The summed E-state index contributed by atoms with van der Waals surface area (Å²) < 4.78 is 25.9. The Morgan fingerprint density at radius 1 is 1.00 bits per heavy atom. The molecule has 0 aliphatic carbocycles. The highest BCUT2D eigenvalue weighted by Crippen LogP contribution is 2.25. The van der Waals surface area contributed by atoms with E-state index in [2.05, 4.69) is 5.32 Å². The molecular formula is C24H30Cl3N3O4S. The second-order valence-corrected chi connectivity index (χ2v) is 11.7. The fourth-order valence-corrected chi connectivity index (χ4v) is 4.92. The summed E-state index contributed by atoms with van der Waals surface area (Å²) >= 11 is 18.2. The van der Waals surface area contributed by atoms with Crippen molar-refractivity contribution >= 4 is 62.3 Å². The molecule has 0 saturated heterocycles. The first-order chi connectivity index (χ1) is 16.3. The first kappa shape index (κ1) is 29.2. The smallest absolute Gasteiger partial charge is 0.242 e. The van der Waals surface area contributed by atoms with Crippen molar-refractivity contribution in [2.24, 2.45) is 0 Å². The molecule has 0 heterocycles. The normalized spacial score (nSPS) is 12.3. The highest BCUT2D eigenvalue weighted by Gasteiger charge is 2.27. The largest absolute Gasteiger partial charge is 0.352 e. The van der Waals surface area contributed by atoms with Gasteiger partial charge in [0, 0.05) is 30.6 Å². The second-order valence-electron chi connectivity index (χ2n) is 8.53. The van der Waals surface area contributed by atoms with E-state index < -0.39 is 16.1 Å². The van der Waals surface area contributed by atoms with E-state index in [-0.39, 0.29) is 43.8 Å². The number of nitrogens with one attached hydrogen (secondary N) is 1. The zero-order valence-electron chi connectivity index (χ0n) is 20.1. The molecule has 0 radical (unpaired) electrons. The molecule has 0 fully saturated rings. The molecule has 0 aliphatic rings. The number of rotatable bonds is 11. The molecule has 0 saturated carbocycles. The third kappa shape index (κ3) is 8.86. The van der Waals surface area contributed by atoms with E-state index in [4.69, 9.17) is 34.8 Å². The minimum absolute atomic E-state index is 0.0349. The van der Waals surface area contributed by atoms with Gasteiger partial charge in [0.15, 0.2) is 0 Å². The van der Waals surface area contributed by atoms with Gasteiger partial charge < -0.3 is 10.2 Å². The third-order valence-electron chi connectivity index (χ3n) is 5.18. The lowest BCUT2D eigenvalue weighted by Crippen LogP contribution is -2.49. The molecule has 192 valence electrons. The quantitative estimate of drug-likeness (QED) is 0.411. The van der Waals surface area contributed by atoms with Crippen LogP contribution in [0.2, 0.25) is 15.1 Å². The first-order valence-electron chi connectivity index (χ1n) is 11.1. The van der Waals surface area contributed by atoms with Crippen LogP contribution >= 0.6 is 34.8 Å².